The first-order valence-electron chi connectivity index (χ1n) is 18.6. The van der Waals surface area contributed by atoms with Crippen molar-refractivity contribution in [2.24, 2.45) is 0 Å². The van der Waals surface area contributed by atoms with E-state index >= 15 is 0 Å². The Morgan fingerprint density at radius 2 is 0.946 bits per heavy atom. The van der Waals surface area contributed by atoms with E-state index in [0.717, 1.165) is 72.3 Å². The summed E-state index contributed by atoms with van der Waals surface area (Å²) in [5.74, 6) is 3.30. The van der Waals surface area contributed by atoms with Gasteiger partial charge < -0.3 is 4.74 Å². The normalized spacial score (nSPS) is 12.6. The average Bonchev–Trinajstić information content (AvgIpc) is 3.28. The van der Waals surface area contributed by atoms with E-state index in [1.807, 2.05) is 48.5 Å². The molecule has 0 bridgehead atoms. The van der Waals surface area contributed by atoms with Gasteiger partial charge in [-0.15, -0.1) is 0 Å². The number of rotatable bonds is 6. The molecule has 5 nitrogen and oxygen atoms in total. The molecule has 5 heteroatoms. The van der Waals surface area contributed by atoms with Gasteiger partial charge in [0.1, 0.15) is 11.5 Å². The van der Waals surface area contributed by atoms with Gasteiger partial charge in [0.25, 0.3) is 0 Å². The maximum absolute atomic E-state index is 9.43. The van der Waals surface area contributed by atoms with Crippen LogP contribution in [0.4, 0.5) is 0 Å². The van der Waals surface area contributed by atoms with Gasteiger partial charge in [0.2, 0.25) is 0 Å². The van der Waals surface area contributed by atoms with Crippen molar-refractivity contribution in [3.8, 4) is 62.9 Å². The molecule has 56 heavy (non-hydrogen) atoms. The summed E-state index contributed by atoms with van der Waals surface area (Å²) in [6.45, 7) is 0. The summed E-state index contributed by atoms with van der Waals surface area (Å²) in [6.07, 6.45) is 0. The summed E-state index contributed by atoms with van der Waals surface area (Å²) in [7, 11) is 0. The SMILES string of the molecule is N#Cc1ccc(-c2nc(-c3ccccc3)nc(-c3cccc(-c4cccc5c4C(c4ccccc4)(c4ccccc4)c4cc6ccccc6cc4O5)c3)n2)cc1. The van der Waals surface area contributed by atoms with E-state index in [1.165, 1.54) is 0 Å². The average molecular weight is 717 g/mol. The molecule has 0 fully saturated rings. The molecule has 0 amide bonds. The molecule has 0 atom stereocenters. The lowest BCUT2D eigenvalue weighted by Gasteiger charge is -2.43. The summed E-state index contributed by atoms with van der Waals surface area (Å²) < 4.78 is 6.95. The Kier molecular flexibility index (Phi) is 8.01. The Morgan fingerprint density at radius 3 is 1.59 bits per heavy atom. The fourth-order valence-electron chi connectivity index (χ4n) is 8.11. The lowest BCUT2D eigenvalue weighted by atomic mass is 9.62. The van der Waals surface area contributed by atoms with E-state index in [0.29, 0.717) is 23.0 Å². The van der Waals surface area contributed by atoms with E-state index in [1.54, 1.807) is 12.1 Å². The van der Waals surface area contributed by atoms with Crippen LogP contribution in [-0.2, 0) is 5.41 Å². The van der Waals surface area contributed by atoms with Crippen LogP contribution >= 0.6 is 0 Å². The van der Waals surface area contributed by atoms with Crippen molar-refractivity contribution in [1.29, 1.82) is 5.26 Å². The van der Waals surface area contributed by atoms with Crippen molar-refractivity contribution in [3.63, 3.8) is 0 Å². The van der Waals surface area contributed by atoms with Crippen LogP contribution in [0, 0.1) is 11.3 Å². The Bertz CT molecular complexity index is 2900. The third kappa shape index (κ3) is 5.52. The molecule has 2 heterocycles. The molecule has 1 aliphatic rings. The second kappa shape index (κ2) is 13.6. The minimum atomic E-state index is -0.724. The maximum Gasteiger partial charge on any atom is 0.164 e. The zero-order valence-corrected chi connectivity index (χ0v) is 30.2. The number of nitrogens with zero attached hydrogens (tertiary/aromatic N) is 4. The first kappa shape index (κ1) is 32.9. The molecule has 0 saturated heterocycles. The highest BCUT2D eigenvalue weighted by atomic mass is 16.5. The van der Waals surface area contributed by atoms with E-state index < -0.39 is 5.41 Å². The highest BCUT2D eigenvalue weighted by Gasteiger charge is 2.47. The molecule has 0 radical (unpaired) electrons. The summed E-state index contributed by atoms with van der Waals surface area (Å²) >= 11 is 0. The van der Waals surface area contributed by atoms with Gasteiger partial charge in [-0.25, -0.2) is 15.0 Å². The van der Waals surface area contributed by atoms with Crippen molar-refractivity contribution in [2.45, 2.75) is 5.41 Å². The first-order chi connectivity index (χ1) is 27.7. The van der Waals surface area contributed by atoms with Crippen LogP contribution in [0.15, 0.2) is 194 Å². The van der Waals surface area contributed by atoms with Gasteiger partial charge in [-0.3, -0.25) is 0 Å². The summed E-state index contributed by atoms with van der Waals surface area (Å²) in [4.78, 5) is 15.0. The lowest BCUT2D eigenvalue weighted by Crippen LogP contribution is -2.34. The Morgan fingerprint density at radius 1 is 0.429 bits per heavy atom. The molecule has 0 unspecified atom stereocenters. The molecule has 1 aliphatic heterocycles. The maximum atomic E-state index is 9.43. The second-order valence-corrected chi connectivity index (χ2v) is 13.9. The summed E-state index contributed by atoms with van der Waals surface area (Å²) in [5, 5.41) is 11.7. The molecule has 262 valence electrons. The number of ether oxygens (including phenoxy) is 1. The number of hydrogen-bond donors (Lipinski definition) is 0. The van der Waals surface area contributed by atoms with Crippen molar-refractivity contribution in [2.75, 3.05) is 0 Å². The lowest BCUT2D eigenvalue weighted by molar-refractivity contribution is 0.436. The Balaban J connectivity index is 1.21. The zero-order valence-electron chi connectivity index (χ0n) is 30.2. The predicted molar refractivity (Wildman–Crippen MR) is 222 cm³/mol. The molecule has 0 aliphatic carbocycles. The number of benzene rings is 8. The second-order valence-electron chi connectivity index (χ2n) is 13.9. The van der Waals surface area contributed by atoms with E-state index in [2.05, 4.69) is 140 Å². The number of fused-ring (bicyclic) bond motifs is 3. The molecule has 9 aromatic rings. The van der Waals surface area contributed by atoms with Gasteiger partial charge in [0.05, 0.1) is 17.0 Å². The standard InChI is InChI=1S/C51H32N4O/c52-33-34-26-28-36(29-27-34)49-53-48(35-14-4-1-5-15-35)54-50(55-49)40-19-12-18-39(30-40)43-24-13-25-45-47(43)51(41-20-6-2-7-21-41,42-22-8-3-9-23-42)44-31-37-16-10-11-17-38(37)32-46(44)56-45/h1-32H. The minimum absolute atomic E-state index is 0.533. The van der Waals surface area contributed by atoms with Crippen LogP contribution < -0.4 is 4.74 Å². The van der Waals surface area contributed by atoms with Crippen molar-refractivity contribution in [1.82, 2.24) is 15.0 Å². The van der Waals surface area contributed by atoms with Gasteiger partial charge in [-0.2, -0.15) is 5.26 Å². The quantitative estimate of drug-likeness (QED) is 0.171. The van der Waals surface area contributed by atoms with Gasteiger partial charge >= 0.3 is 0 Å². The monoisotopic (exact) mass is 716 g/mol. The van der Waals surface area contributed by atoms with Crippen LogP contribution in [0.3, 0.4) is 0 Å². The summed E-state index contributed by atoms with van der Waals surface area (Å²) in [6, 6.07) is 68.8. The van der Waals surface area contributed by atoms with Crippen molar-refractivity contribution >= 4 is 10.8 Å². The molecular weight excluding hydrogens is 685 g/mol. The van der Waals surface area contributed by atoms with Gasteiger partial charge in [0, 0.05) is 27.8 Å². The first-order valence-corrected chi connectivity index (χ1v) is 18.6. The molecule has 1 aromatic heterocycles. The third-order valence-electron chi connectivity index (χ3n) is 10.7. The molecule has 8 aromatic carbocycles. The topological polar surface area (TPSA) is 71.7 Å². The van der Waals surface area contributed by atoms with Gasteiger partial charge in [-0.05, 0) is 81.6 Å². The summed E-state index contributed by atoms with van der Waals surface area (Å²) in [5.41, 5.74) is 8.88. The van der Waals surface area contributed by atoms with E-state index in [9.17, 15) is 5.26 Å². The highest BCUT2D eigenvalue weighted by Crippen LogP contribution is 2.58. The third-order valence-corrected chi connectivity index (χ3v) is 10.7. The fraction of sp³-hybridized carbons (Fsp3) is 0.0196. The minimum Gasteiger partial charge on any atom is -0.457 e. The Labute approximate surface area is 324 Å². The molecule has 0 spiro atoms. The molecule has 0 N–H and O–H groups in total. The Hall–Kier alpha value is -7.68. The predicted octanol–water partition coefficient (Wildman–Crippen LogP) is 12.1. The molecular formula is C51H32N4O. The van der Waals surface area contributed by atoms with Crippen LogP contribution in [0.5, 0.6) is 11.5 Å². The van der Waals surface area contributed by atoms with Crippen LogP contribution in [-0.4, -0.2) is 15.0 Å². The van der Waals surface area contributed by atoms with Crippen LogP contribution in [0.2, 0.25) is 0 Å². The van der Waals surface area contributed by atoms with E-state index in [-0.39, 0.29) is 0 Å². The van der Waals surface area contributed by atoms with Crippen LogP contribution in [0.1, 0.15) is 27.8 Å². The number of hydrogen-bond acceptors (Lipinski definition) is 5. The van der Waals surface area contributed by atoms with Crippen LogP contribution in [0.25, 0.3) is 56.1 Å². The number of aromatic nitrogens is 3. The van der Waals surface area contributed by atoms with Gasteiger partial charge in [0.15, 0.2) is 17.5 Å². The van der Waals surface area contributed by atoms with E-state index in [4.69, 9.17) is 19.7 Å². The van der Waals surface area contributed by atoms with Crippen molar-refractivity contribution < 1.29 is 4.74 Å². The highest BCUT2D eigenvalue weighted by molar-refractivity contribution is 5.89. The zero-order chi connectivity index (χ0) is 37.5. The fourth-order valence-corrected chi connectivity index (χ4v) is 8.11. The van der Waals surface area contributed by atoms with Crippen molar-refractivity contribution in [3.05, 3.63) is 222 Å². The largest absolute Gasteiger partial charge is 0.457 e. The smallest absolute Gasteiger partial charge is 0.164 e. The van der Waals surface area contributed by atoms with Gasteiger partial charge in [-0.1, -0.05) is 146 Å². The molecule has 0 saturated carbocycles. The molecule has 10 rings (SSSR count). The number of nitriles is 1.